The number of phenols is 1. The molecule has 0 atom stereocenters. The molecule has 4 nitrogen and oxygen atoms in total. The summed E-state index contributed by atoms with van der Waals surface area (Å²) >= 11 is 0. The molecule has 0 amide bonds. The van der Waals surface area contributed by atoms with Gasteiger partial charge in [-0.1, -0.05) is 24.3 Å². The predicted molar refractivity (Wildman–Crippen MR) is 88.0 cm³/mol. The van der Waals surface area contributed by atoms with Crippen molar-refractivity contribution in [3.05, 3.63) is 66.4 Å². The normalized spacial score (nSPS) is 10.1. The molecule has 0 radical (unpaired) electrons. The third-order valence-corrected chi connectivity index (χ3v) is 3.61. The van der Waals surface area contributed by atoms with Crippen molar-refractivity contribution in [3.8, 4) is 40.0 Å². The van der Waals surface area contributed by atoms with E-state index in [-0.39, 0.29) is 5.75 Å². The molecule has 0 aliphatic heterocycles. The van der Waals surface area contributed by atoms with Crippen LogP contribution >= 0.6 is 0 Å². The van der Waals surface area contributed by atoms with Gasteiger partial charge in [0.15, 0.2) is 0 Å². The van der Waals surface area contributed by atoms with Crippen LogP contribution in [0.4, 0.5) is 0 Å². The average Bonchev–Trinajstić information content (AvgIpc) is 2.62. The van der Waals surface area contributed by atoms with Crippen molar-refractivity contribution in [2.45, 2.75) is 0 Å². The molecule has 1 N–H and O–H groups in total. The van der Waals surface area contributed by atoms with Crippen molar-refractivity contribution in [3.63, 3.8) is 0 Å². The fraction of sp³-hybridized carbons (Fsp3) is 0.0526. The maximum atomic E-state index is 10.00. The summed E-state index contributed by atoms with van der Waals surface area (Å²) in [5, 5.41) is 19.3. The third-order valence-electron chi connectivity index (χ3n) is 3.61. The van der Waals surface area contributed by atoms with Crippen molar-refractivity contribution in [2.24, 2.45) is 0 Å². The Morgan fingerprint density at radius 2 is 1.78 bits per heavy atom. The van der Waals surface area contributed by atoms with E-state index in [1.165, 1.54) is 6.20 Å². The van der Waals surface area contributed by atoms with Crippen LogP contribution in [0.25, 0.3) is 22.4 Å². The van der Waals surface area contributed by atoms with E-state index < -0.39 is 0 Å². The largest absolute Gasteiger partial charge is 0.507 e. The molecule has 0 fully saturated rings. The van der Waals surface area contributed by atoms with E-state index in [1.54, 1.807) is 25.3 Å². The van der Waals surface area contributed by atoms with Crippen LogP contribution in [0, 0.1) is 11.3 Å². The SMILES string of the molecule is COc1ccc(-c2cc(-c3ccccc3O)ncc2C#N)cc1. The number of phenolic OH excluding ortho intramolecular Hbond substituents is 1. The van der Waals surface area contributed by atoms with Gasteiger partial charge in [0.25, 0.3) is 0 Å². The standard InChI is InChI=1S/C19H14N2O2/c1-23-15-8-6-13(7-9-15)17-10-18(21-12-14(17)11-20)16-4-2-3-5-19(16)22/h2-10,12,22H,1H3. The summed E-state index contributed by atoms with van der Waals surface area (Å²) in [5.41, 5.74) is 3.39. The third kappa shape index (κ3) is 2.85. The number of rotatable bonds is 3. The van der Waals surface area contributed by atoms with Gasteiger partial charge < -0.3 is 9.84 Å². The molecule has 1 heterocycles. The summed E-state index contributed by atoms with van der Waals surface area (Å²) < 4.78 is 5.16. The summed E-state index contributed by atoms with van der Waals surface area (Å²) in [7, 11) is 1.61. The van der Waals surface area contributed by atoms with Gasteiger partial charge in [-0.25, -0.2) is 0 Å². The number of aromatic nitrogens is 1. The topological polar surface area (TPSA) is 66.1 Å². The van der Waals surface area contributed by atoms with E-state index in [4.69, 9.17) is 4.74 Å². The minimum atomic E-state index is 0.158. The Kier molecular flexibility index (Phi) is 3.94. The smallest absolute Gasteiger partial charge is 0.124 e. The molecular weight excluding hydrogens is 288 g/mol. The molecule has 0 spiro atoms. The predicted octanol–water partition coefficient (Wildman–Crippen LogP) is 4.00. The molecule has 0 unspecified atom stereocenters. The quantitative estimate of drug-likeness (QED) is 0.794. The first-order valence-electron chi connectivity index (χ1n) is 7.06. The lowest BCUT2D eigenvalue weighted by Crippen LogP contribution is -1.91. The number of nitrogens with zero attached hydrogens (tertiary/aromatic N) is 2. The highest BCUT2D eigenvalue weighted by molar-refractivity contribution is 5.77. The second-order valence-corrected chi connectivity index (χ2v) is 4.97. The highest BCUT2D eigenvalue weighted by atomic mass is 16.5. The maximum absolute atomic E-state index is 10.00. The summed E-state index contributed by atoms with van der Waals surface area (Å²) in [6, 6.07) is 18.4. The second kappa shape index (κ2) is 6.20. The van der Waals surface area contributed by atoms with Gasteiger partial charge in [-0.2, -0.15) is 5.26 Å². The Labute approximate surface area is 134 Å². The van der Waals surface area contributed by atoms with Crippen LogP contribution in [0.15, 0.2) is 60.8 Å². The van der Waals surface area contributed by atoms with Crippen LogP contribution in [-0.4, -0.2) is 17.2 Å². The minimum Gasteiger partial charge on any atom is -0.507 e. The lowest BCUT2D eigenvalue weighted by Gasteiger charge is -2.09. The van der Waals surface area contributed by atoms with Gasteiger partial charge in [0, 0.05) is 17.3 Å². The molecule has 0 saturated heterocycles. The average molecular weight is 302 g/mol. The molecule has 1 aromatic heterocycles. The van der Waals surface area contributed by atoms with E-state index in [0.29, 0.717) is 16.8 Å². The number of benzene rings is 2. The lowest BCUT2D eigenvalue weighted by molar-refractivity contribution is 0.415. The van der Waals surface area contributed by atoms with Crippen molar-refractivity contribution in [1.82, 2.24) is 4.98 Å². The molecule has 3 aromatic rings. The van der Waals surface area contributed by atoms with Gasteiger partial charge in [0.05, 0.1) is 18.4 Å². The zero-order valence-electron chi connectivity index (χ0n) is 12.5. The van der Waals surface area contributed by atoms with Crippen LogP contribution in [0.3, 0.4) is 0 Å². The van der Waals surface area contributed by atoms with E-state index >= 15 is 0 Å². The highest BCUT2D eigenvalue weighted by Gasteiger charge is 2.11. The lowest BCUT2D eigenvalue weighted by atomic mass is 9.99. The van der Waals surface area contributed by atoms with E-state index in [0.717, 1.165) is 16.9 Å². The molecular formula is C19H14N2O2. The second-order valence-electron chi connectivity index (χ2n) is 4.97. The van der Waals surface area contributed by atoms with E-state index in [2.05, 4.69) is 11.1 Å². The number of hydrogen-bond donors (Lipinski definition) is 1. The number of methoxy groups -OCH3 is 1. The molecule has 4 heteroatoms. The molecule has 2 aromatic carbocycles. The van der Waals surface area contributed by atoms with Gasteiger partial charge in [0.1, 0.15) is 17.6 Å². The van der Waals surface area contributed by atoms with Crippen LogP contribution in [0.2, 0.25) is 0 Å². The Bertz CT molecular complexity index is 881. The highest BCUT2D eigenvalue weighted by Crippen LogP contribution is 2.32. The van der Waals surface area contributed by atoms with Crippen LogP contribution < -0.4 is 4.74 Å². The van der Waals surface area contributed by atoms with Gasteiger partial charge in [-0.15, -0.1) is 0 Å². The maximum Gasteiger partial charge on any atom is 0.124 e. The fourth-order valence-electron chi connectivity index (χ4n) is 2.39. The minimum absolute atomic E-state index is 0.158. The Hall–Kier alpha value is -3.32. The Balaban J connectivity index is 2.13. The summed E-state index contributed by atoms with van der Waals surface area (Å²) in [6.07, 6.45) is 1.53. The van der Waals surface area contributed by atoms with Gasteiger partial charge >= 0.3 is 0 Å². The van der Waals surface area contributed by atoms with Crippen molar-refractivity contribution in [2.75, 3.05) is 7.11 Å². The zero-order valence-corrected chi connectivity index (χ0v) is 12.5. The van der Waals surface area contributed by atoms with Crippen LogP contribution in [-0.2, 0) is 0 Å². The summed E-state index contributed by atoms with van der Waals surface area (Å²) in [4.78, 5) is 4.29. The Morgan fingerprint density at radius 3 is 2.43 bits per heavy atom. The van der Waals surface area contributed by atoms with Crippen LogP contribution in [0.1, 0.15) is 5.56 Å². The molecule has 112 valence electrons. The molecule has 23 heavy (non-hydrogen) atoms. The molecule has 0 aliphatic rings. The fourth-order valence-corrected chi connectivity index (χ4v) is 2.39. The first kappa shape index (κ1) is 14.6. The zero-order chi connectivity index (χ0) is 16.2. The number of hydrogen-bond acceptors (Lipinski definition) is 4. The van der Waals surface area contributed by atoms with Crippen molar-refractivity contribution >= 4 is 0 Å². The number of nitriles is 1. The molecule has 3 rings (SSSR count). The number of aromatic hydroxyl groups is 1. The van der Waals surface area contributed by atoms with Gasteiger partial charge in [0.2, 0.25) is 0 Å². The molecule has 0 aliphatic carbocycles. The molecule has 0 bridgehead atoms. The summed E-state index contributed by atoms with van der Waals surface area (Å²) in [5.74, 6) is 0.910. The number of ether oxygens (including phenoxy) is 1. The summed E-state index contributed by atoms with van der Waals surface area (Å²) in [6.45, 7) is 0. The van der Waals surface area contributed by atoms with E-state index in [9.17, 15) is 10.4 Å². The number of para-hydroxylation sites is 1. The monoisotopic (exact) mass is 302 g/mol. The van der Waals surface area contributed by atoms with Crippen LogP contribution in [0.5, 0.6) is 11.5 Å². The van der Waals surface area contributed by atoms with Crippen molar-refractivity contribution in [1.29, 1.82) is 5.26 Å². The van der Waals surface area contributed by atoms with Crippen molar-refractivity contribution < 1.29 is 9.84 Å². The molecule has 0 saturated carbocycles. The first-order chi connectivity index (χ1) is 11.2. The van der Waals surface area contributed by atoms with E-state index in [1.807, 2.05) is 36.4 Å². The van der Waals surface area contributed by atoms with Gasteiger partial charge in [-0.05, 0) is 35.9 Å². The Morgan fingerprint density at radius 1 is 1.04 bits per heavy atom. The van der Waals surface area contributed by atoms with Gasteiger partial charge in [-0.3, -0.25) is 4.98 Å². The number of pyridine rings is 1. The first-order valence-corrected chi connectivity index (χ1v) is 7.06.